The Morgan fingerprint density at radius 1 is 0.923 bits per heavy atom. The molecule has 8 nitrogen and oxygen atoms in total. The average Bonchev–Trinajstić information content (AvgIpc) is 3.50. The highest BCUT2D eigenvalue weighted by Crippen LogP contribution is 2.19. The van der Waals surface area contributed by atoms with Crippen LogP contribution in [0.15, 0.2) is 65.7 Å². The molecule has 39 heavy (non-hydrogen) atoms. The molecule has 1 N–H and O–H groups in total. The van der Waals surface area contributed by atoms with Crippen LogP contribution in [0, 0.1) is 16.3 Å². The summed E-state index contributed by atoms with van der Waals surface area (Å²) in [6, 6.07) is 16.1. The van der Waals surface area contributed by atoms with E-state index in [1.165, 1.54) is 34.6 Å². The Bertz CT molecular complexity index is 1480. The first-order valence-electron chi connectivity index (χ1n) is 12.0. The molecule has 0 atom stereocenters. The third-order valence-corrected chi connectivity index (χ3v) is 6.37. The van der Waals surface area contributed by atoms with Gasteiger partial charge < -0.3 is 9.47 Å². The Hall–Kier alpha value is -3.77. The van der Waals surface area contributed by atoms with E-state index in [0.29, 0.717) is 22.4 Å². The van der Waals surface area contributed by atoms with Crippen molar-refractivity contribution in [3.8, 4) is 0 Å². The first kappa shape index (κ1) is 29.8. The number of thioether (sulfide) groups is 1. The predicted octanol–water partition coefficient (Wildman–Crippen LogP) is 5.88. The Morgan fingerprint density at radius 2 is 1.49 bits per heavy atom. The first-order valence-corrected chi connectivity index (χ1v) is 13.6. The summed E-state index contributed by atoms with van der Waals surface area (Å²) in [6.45, 7) is 4.57. The molecule has 4 aromatic rings. The number of carbonyl (C=O) groups excluding carboxylic acids is 2. The number of hydrogen-bond acceptors (Lipinski definition) is 7. The van der Waals surface area contributed by atoms with Crippen LogP contribution >= 0.6 is 24.0 Å². The van der Waals surface area contributed by atoms with Crippen molar-refractivity contribution in [3.63, 3.8) is 0 Å². The van der Waals surface area contributed by atoms with Gasteiger partial charge >= 0.3 is 11.9 Å². The van der Waals surface area contributed by atoms with E-state index in [0.717, 1.165) is 5.03 Å². The van der Waals surface area contributed by atoms with Crippen molar-refractivity contribution in [3.05, 3.63) is 99.5 Å². The number of halogens is 2. The zero-order valence-corrected chi connectivity index (χ0v) is 23.3. The van der Waals surface area contributed by atoms with Crippen molar-refractivity contribution >= 4 is 35.9 Å². The Balaban J connectivity index is 0.000000216. The summed E-state index contributed by atoms with van der Waals surface area (Å²) in [5.41, 5.74) is 1.54. The van der Waals surface area contributed by atoms with Gasteiger partial charge in [-0.2, -0.15) is 5.10 Å². The largest absolute Gasteiger partial charge is 0.461 e. The number of nitrogens with one attached hydrogen (secondary N) is 1. The average molecular weight is 575 g/mol. The number of aromatic amines is 1. The normalized spacial score (nSPS) is 10.5. The third kappa shape index (κ3) is 8.11. The Morgan fingerprint density at radius 3 is 2.05 bits per heavy atom. The van der Waals surface area contributed by atoms with Crippen molar-refractivity contribution < 1.29 is 27.8 Å². The Kier molecular flexibility index (Phi) is 11.0. The minimum Gasteiger partial charge on any atom is -0.461 e. The van der Waals surface area contributed by atoms with E-state index in [2.05, 4.69) is 10.2 Å². The van der Waals surface area contributed by atoms with Crippen molar-refractivity contribution in [2.24, 2.45) is 0 Å². The smallest absolute Gasteiger partial charge is 0.358 e. The van der Waals surface area contributed by atoms with Crippen molar-refractivity contribution in [1.29, 1.82) is 0 Å². The van der Waals surface area contributed by atoms with Crippen LogP contribution in [-0.2, 0) is 22.6 Å². The number of ether oxygens (including phenoxy) is 2. The van der Waals surface area contributed by atoms with Crippen LogP contribution in [0.25, 0.3) is 0 Å². The van der Waals surface area contributed by atoms with Gasteiger partial charge in [0.25, 0.3) is 0 Å². The molecule has 0 aliphatic rings. The number of hydrogen-bond donors (Lipinski definition) is 1. The molecular formula is C27H28F2N4O4S2. The molecule has 0 bridgehead atoms. The lowest BCUT2D eigenvalue weighted by Gasteiger charge is -2.06. The van der Waals surface area contributed by atoms with E-state index in [-0.39, 0.29) is 42.7 Å². The molecule has 0 radical (unpaired) electrons. The van der Waals surface area contributed by atoms with Gasteiger partial charge in [-0.1, -0.05) is 48.6 Å². The van der Waals surface area contributed by atoms with Gasteiger partial charge in [0.1, 0.15) is 22.0 Å². The molecule has 0 saturated carbocycles. The van der Waals surface area contributed by atoms with Gasteiger partial charge in [0.05, 0.1) is 31.3 Å². The molecule has 0 amide bonds. The zero-order valence-electron chi connectivity index (χ0n) is 21.6. The fourth-order valence-corrected chi connectivity index (χ4v) is 4.21. The number of nitrogens with zero attached hydrogens (tertiary/aromatic N) is 3. The second kappa shape index (κ2) is 14.4. The maximum atomic E-state index is 13.7. The third-order valence-electron chi connectivity index (χ3n) is 5.29. The van der Waals surface area contributed by atoms with Gasteiger partial charge in [0.2, 0.25) is 0 Å². The minimum atomic E-state index is -0.471. The molecule has 2 aromatic heterocycles. The number of benzene rings is 2. The molecular weight excluding hydrogens is 546 g/mol. The number of esters is 2. The highest BCUT2D eigenvalue weighted by molar-refractivity contribution is 7.98. The summed E-state index contributed by atoms with van der Waals surface area (Å²) in [5.74, 6) is -1.53. The van der Waals surface area contributed by atoms with Crippen molar-refractivity contribution in [1.82, 2.24) is 19.6 Å². The van der Waals surface area contributed by atoms with Crippen LogP contribution in [0.4, 0.5) is 8.78 Å². The number of aromatic nitrogens is 4. The lowest BCUT2D eigenvalue weighted by atomic mass is 10.2. The minimum absolute atomic E-state index is 0.241. The quantitative estimate of drug-likeness (QED) is 0.152. The molecule has 4 rings (SSSR count). The molecule has 0 fully saturated rings. The fraction of sp³-hybridized carbons (Fsp3) is 0.259. The van der Waals surface area contributed by atoms with Crippen molar-refractivity contribution in [2.75, 3.05) is 19.5 Å². The molecule has 0 spiro atoms. The summed E-state index contributed by atoms with van der Waals surface area (Å²) in [5, 5.41) is 7.79. The fourth-order valence-electron chi connectivity index (χ4n) is 3.43. The van der Waals surface area contributed by atoms with Crippen LogP contribution in [0.3, 0.4) is 0 Å². The summed E-state index contributed by atoms with van der Waals surface area (Å²) < 4.78 is 40.5. The van der Waals surface area contributed by atoms with Crippen molar-refractivity contribution in [2.45, 2.75) is 32.0 Å². The topological polar surface area (TPSA) is 91.1 Å². The van der Waals surface area contributed by atoms with Crippen LogP contribution in [-0.4, -0.2) is 51.0 Å². The van der Waals surface area contributed by atoms with Crippen LogP contribution in [0.2, 0.25) is 0 Å². The number of H-pyrrole nitrogens is 1. The molecule has 0 saturated heterocycles. The molecule has 12 heteroatoms. The van der Waals surface area contributed by atoms with Crippen LogP contribution in [0.5, 0.6) is 0 Å². The van der Waals surface area contributed by atoms with Crippen LogP contribution in [0.1, 0.15) is 46.0 Å². The second-order valence-electron chi connectivity index (χ2n) is 7.95. The van der Waals surface area contributed by atoms with Gasteiger partial charge in [0.15, 0.2) is 5.69 Å². The maximum absolute atomic E-state index is 13.7. The predicted molar refractivity (Wildman–Crippen MR) is 147 cm³/mol. The summed E-state index contributed by atoms with van der Waals surface area (Å²) in [4.78, 5) is 23.2. The zero-order chi connectivity index (χ0) is 28.4. The van der Waals surface area contributed by atoms with E-state index in [1.54, 1.807) is 61.0 Å². The van der Waals surface area contributed by atoms with E-state index in [4.69, 9.17) is 21.7 Å². The lowest BCUT2D eigenvalue weighted by molar-refractivity contribution is 0.0509. The van der Waals surface area contributed by atoms with Gasteiger partial charge in [-0.05, 0) is 32.2 Å². The molecule has 206 valence electrons. The standard InChI is InChI=1S/C14H15FN2O2S.C13H13FN2O2S/c1-3-19-14(18)12-8-13(20-2)17(16-12)9-10-6-4-5-7-11(10)15;1-2-18-13(17)11-7-12(19)16(15-11)8-9-5-3-4-6-10(9)14/h4-8H,3,9H2,1-2H3;3-7,15H,2,8H2,1H3. The second-order valence-corrected chi connectivity index (χ2v) is 9.19. The number of carbonyl (C=O) groups is 2. The van der Waals surface area contributed by atoms with E-state index >= 15 is 0 Å². The SMILES string of the molecule is CCOC(=O)c1cc(=S)n(Cc2ccccc2F)[nH]1.CCOC(=O)c1cc(SC)n(Cc2ccccc2F)n1. The maximum Gasteiger partial charge on any atom is 0.358 e. The number of rotatable bonds is 9. The highest BCUT2D eigenvalue weighted by Gasteiger charge is 2.16. The highest BCUT2D eigenvalue weighted by atomic mass is 32.2. The molecule has 2 heterocycles. The van der Waals surface area contributed by atoms with E-state index < -0.39 is 11.9 Å². The summed E-state index contributed by atoms with van der Waals surface area (Å²) >= 11 is 6.57. The summed E-state index contributed by atoms with van der Waals surface area (Å²) in [7, 11) is 0. The molecule has 2 aromatic carbocycles. The van der Waals surface area contributed by atoms with Gasteiger partial charge in [0, 0.05) is 23.3 Å². The van der Waals surface area contributed by atoms with Gasteiger partial charge in [-0.3, -0.25) is 14.5 Å². The lowest BCUT2D eigenvalue weighted by Crippen LogP contribution is -2.09. The summed E-state index contributed by atoms with van der Waals surface area (Å²) in [6.07, 6.45) is 1.88. The Labute approximate surface area is 233 Å². The van der Waals surface area contributed by atoms with Gasteiger partial charge in [-0.15, -0.1) is 11.8 Å². The molecule has 0 unspecified atom stereocenters. The molecule has 0 aliphatic heterocycles. The molecule has 0 aliphatic carbocycles. The first-order chi connectivity index (χ1) is 18.8. The monoisotopic (exact) mass is 574 g/mol. The van der Waals surface area contributed by atoms with Gasteiger partial charge in [-0.25, -0.2) is 18.4 Å². The van der Waals surface area contributed by atoms with Crippen LogP contribution < -0.4 is 0 Å². The van der Waals surface area contributed by atoms with E-state index in [9.17, 15) is 18.4 Å². The van der Waals surface area contributed by atoms with E-state index in [1.807, 2.05) is 6.26 Å².